The van der Waals surface area contributed by atoms with Gasteiger partial charge in [-0.1, -0.05) is 23.5 Å². The molecule has 2 aromatic carbocycles. The van der Waals surface area contributed by atoms with Gasteiger partial charge in [0.15, 0.2) is 16.6 Å². The summed E-state index contributed by atoms with van der Waals surface area (Å²) < 4.78 is 11.5. The van der Waals surface area contributed by atoms with E-state index in [1.54, 1.807) is 16.2 Å². The van der Waals surface area contributed by atoms with Crippen molar-refractivity contribution in [1.82, 2.24) is 9.88 Å². The summed E-state index contributed by atoms with van der Waals surface area (Å²) in [5.41, 5.74) is 1.83. The molecule has 0 spiro atoms. The van der Waals surface area contributed by atoms with Gasteiger partial charge in [-0.15, -0.1) is 0 Å². The Bertz CT molecular complexity index is 1150. The van der Waals surface area contributed by atoms with Crippen LogP contribution in [0.2, 0.25) is 0 Å². The van der Waals surface area contributed by atoms with Crippen LogP contribution in [0.5, 0.6) is 11.5 Å². The Morgan fingerprint density at radius 3 is 2.42 bits per heavy atom. The van der Waals surface area contributed by atoms with Gasteiger partial charge >= 0.3 is 0 Å². The molecule has 0 N–H and O–H groups in total. The lowest BCUT2D eigenvalue weighted by Crippen LogP contribution is -2.48. The molecule has 1 amide bonds. The van der Waals surface area contributed by atoms with E-state index < -0.39 is 10.8 Å². The van der Waals surface area contributed by atoms with E-state index in [0.717, 1.165) is 20.9 Å². The van der Waals surface area contributed by atoms with E-state index in [0.29, 0.717) is 26.2 Å². The van der Waals surface area contributed by atoms with E-state index in [-0.39, 0.29) is 22.7 Å². The molecule has 0 unspecified atom stereocenters. The van der Waals surface area contributed by atoms with E-state index >= 15 is 0 Å². The molecule has 1 aliphatic rings. The Balaban J connectivity index is 1.54. The molecule has 0 aliphatic carbocycles. The third-order valence-corrected chi connectivity index (χ3v) is 6.46. The van der Waals surface area contributed by atoms with Gasteiger partial charge in [-0.25, -0.2) is 4.98 Å². The lowest BCUT2D eigenvalue weighted by atomic mass is 10.1. The zero-order valence-electron chi connectivity index (χ0n) is 17.5. The highest BCUT2D eigenvalue weighted by Crippen LogP contribution is 2.36. The quantitative estimate of drug-likeness (QED) is 0.441. The minimum Gasteiger partial charge on any atom is -0.493 e. The number of piperazine rings is 1. The van der Waals surface area contributed by atoms with Crippen LogP contribution in [-0.2, 0) is 0 Å². The summed E-state index contributed by atoms with van der Waals surface area (Å²) in [5.74, 6) is 0.0917. The van der Waals surface area contributed by atoms with Crippen LogP contribution in [-0.4, -0.2) is 61.1 Å². The third kappa shape index (κ3) is 3.86. The summed E-state index contributed by atoms with van der Waals surface area (Å²) in [7, 11) is 2.82. The molecular formula is C21H22N4O5S. The second-order valence-electron chi connectivity index (χ2n) is 7.18. The van der Waals surface area contributed by atoms with Crippen LogP contribution in [0, 0.1) is 17.0 Å². The number of benzene rings is 2. The number of para-hydroxylation sites is 1. The zero-order chi connectivity index (χ0) is 22.1. The maximum Gasteiger partial charge on any atom is 0.286 e. The number of ether oxygens (including phenoxy) is 2. The molecule has 10 heteroatoms. The Labute approximate surface area is 183 Å². The van der Waals surface area contributed by atoms with Crippen molar-refractivity contribution in [3.05, 3.63) is 51.6 Å². The molecule has 1 aromatic heterocycles. The van der Waals surface area contributed by atoms with Crippen molar-refractivity contribution in [1.29, 1.82) is 0 Å². The first-order chi connectivity index (χ1) is 14.9. The Morgan fingerprint density at radius 1 is 1.13 bits per heavy atom. The van der Waals surface area contributed by atoms with Crippen LogP contribution in [0.25, 0.3) is 10.2 Å². The molecular weight excluding hydrogens is 420 g/mol. The highest BCUT2D eigenvalue weighted by atomic mass is 32.1. The molecule has 4 rings (SSSR count). The van der Waals surface area contributed by atoms with Crippen molar-refractivity contribution in [3.8, 4) is 11.5 Å². The Morgan fingerprint density at radius 2 is 1.81 bits per heavy atom. The monoisotopic (exact) mass is 442 g/mol. The molecule has 3 aromatic rings. The molecule has 0 atom stereocenters. The highest BCUT2D eigenvalue weighted by molar-refractivity contribution is 7.22. The lowest BCUT2D eigenvalue weighted by molar-refractivity contribution is -0.385. The number of nitro benzene ring substituents is 1. The van der Waals surface area contributed by atoms with Crippen molar-refractivity contribution in [2.24, 2.45) is 0 Å². The van der Waals surface area contributed by atoms with Gasteiger partial charge in [-0.3, -0.25) is 14.9 Å². The number of nitro groups is 1. The number of methoxy groups -OCH3 is 2. The predicted molar refractivity (Wildman–Crippen MR) is 119 cm³/mol. The maximum atomic E-state index is 13.1. The topological polar surface area (TPSA) is 98.0 Å². The van der Waals surface area contributed by atoms with E-state index in [2.05, 4.69) is 11.0 Å². The number of hydrogen-bond acceptors (Lipinski definition) is 8. The number of aryl methyl sites for hydroxylation is 1. The lowest BCUT2D eigenvalue weighted by Gasteiger charge is -2.34. The fourth-order valence-electron chi connectivity index (χ4n) is 3.67. The minimum absolute atomic E-state index is 0.00767. The van der Waals surface area contributed by atoms with Gasteiger partial charge < -0.3 is 19.3 Å². The predicted octanol–water partition coefficient (Wildman–Crippen LogP) is 3.49. The van der Waals surface area contributed by atoms with Crippen LogP contribution in [0.15, 0.2) is 30.3 Å². The second-order valence-corrected chi connectivity index (χ2v) is 8.19. The van der Waals surface area contributed by atoms with Gasteiger partial charge in [0.2, 0.25) is 0 Å². The first-order valence-electron chi connectivity index (χ1n) is 9.73. The summed E-state index contributed by atoms with van der Waals surface area (Å²) >= 11 is 1.63. The summed E-state index contributed by atoms with van der Waals surface area (Å²) in [6.07, 6.45) is 0. The standard InChI is InChI=1S/C21H22N4O5S/c1-13-5-4-6-18-19(13)22-21(31-18)24-9-7-23(8-10-24)20(26)14-11-16(29-2)17(30-3)12-15(14)25(27)28/h4-6,11-12H,7-10H2,1-3H3. The number of aromatic nitrogens is 1. The summed E-state index contributed by atoms with van der Waals surface area (Å²) in [5, 5.41) is 12.5. The van der Waals surface area contributed by atoms with Gasteiger partial charge in [0, 0.05) is 32.2 Å². The van der Waals surface area contributed by atoms with Gasteiger partial charge in [0.1, 0.15) is 5.56 Å². The molecule has 1 saturated heterocycles. The van der Waals surface area contributed by atoms with E-state index in [4.69, 9.17) is 14.5 Å². The van der Waals surface area contributed by atoms with Crippen molar-refractivity contribution < 1.29 is 19.2 Å². The number of fused-ring (bicyclic) bond motifs is 1. The van der Waals surface area contributed by atoms with Gasteiger partial charge in [-0.2, -0.15) is 0 Å². The summed E-state index contributed by atoms with van der Waals surface area (Å²) in [6.45, 7) is 4.13. The average Bonchev–Trinajstić information content (AvgIpc) is 3.23. The Kier molecular flexibility index (Phi) is 5.64. The molecule has 0 saturated carbocycles. The van der Waals surface area contributed by atoms with E-state index in [1.807, 2.05) is 19.1 Å². The van der Waals surface area contributed by atoms with Gasteiger partial charge in [0.05, 0.1) is 35.4 Å². The van der Waals surface area contributed by atoms with Gasteiger partial charge in [0.25, 0.3) is 11.6 Å². The fraction of sp³-hybridized carbons (Fsp3) is 0.333. The molecule has 0 bridgehead atoms. The van der Waals surface area contributed by atoms with Crippen LogP contribution < -0.4 is 14.4 Å². The second kappa shape index (κ2) is 8.38. The van der Waals surface area contributed by atoms with E-state index in [9.17, 15) is 14.9 Å². The number of hydrogen-bond donors (Lipinski definition) is 0. The van der Waals surface area contributed by atoms with Crippen molar-refractivity contribution in [3.63, 3.8) is 0 Å². The summed E-state index contributed by atoms with van der Waals surface area (Å²) in [6, 6.07) is 8.72. The van der Waals surface area contributed by atoms with E-state index in [1.165, 1.54) is 26.4 Å². The number of carbonyl (C=O) groups is 1. The molecule has 9 nitrogen and oxygen atoms in total. The molecule has 1 aliphatic heterocycles. The van der Waals surface area contributed by atoms with Crippen molar-refractivity contribution >= 4 is 38.3 Å². The number of rotatable bonds is 5. The van der Waals surface area contributed by atoms with Crippen molar-refractivity contribution in [2.75, 3.05) is 45.3 Å². The number of anilines is 1. The Hall–Kier alpha value is -3.40. The first-order valence-corrected chi connectivity index (χ1v) is 10.6. The van der Waals surface area contributed by atoms with Crippen LogP contribution in [0.4, 0.5) is 10.8 Å². The zero-order valence-corrected chi connectivity index (χ0v) is 18.3. The van der Waals surface area contributed by atoms with Crippen molar-refractivity contribution in [2.45, 2.75) is 6.92 Å². The number of nitrogens with zero attached hydrogens (tertiary/aromatic N) is 4. The number of thiazole rings is 1. The SMILES string of the molecule is COc1cc(C(=O)N2CCN(c3nc4c(C)cccc4s3)CC2)c([N+](=O)[O-])cc1OC. The number of amides is 1. The molecule has 162 valence electrons. The average molecular weight is 442 g/mol. The third-order valence-electron chi connectivity index (χ3n) is 5.38. The van der Waals surface area contributed by atoms with Crippen LogP contribution >= 0.6 is 11.3 Å². The molecule has 2 heterocycles. The molecule has 31 heavy (non-hydrogen) atoms. The first kappa shape index (κ1) is 20.9. The summed E-state index contributed by atoms with van der Waals surface area (Å²) in [4.78, 5) is 32.6. The minimum atomic E-state index is -0.575. The highest BCUT2D eigenvalue weighted by Gasteiger charge is 2.30. The smallest absolute Gasteiger partial charge is 0.286 e. The van der Waals surface area contributed by atoms with Crippen LogP contribution in [0.3, 0.4) is 0 Å². The normalized spacial score (nSPS) is 14.0. The fourth-order valence-corrected chi connectivity index (χ4v) is 4.77. The molecule has 0 radical (unpaired) electrons. The maximum absolute atomic E-state index is 13.1. The van der Waals surface area contributed by atoms with Gasteiger partial charge in [-0.05, 0) is 18.6 Å². The molecule has 1 fully saturated rings. The largest absolute Gasteiger partial charge is 0.493 e. The van der Waals surface area contributed by atoms with Crippen LogP contribution in [0.1, 0.15) is 15.9 Å². The number of carbonyl (C=O) groups excluding carboxylic acids is 1.